The van der Waals surface area contributed by atoms with Crippen molar-refractivity contribution in [3.8, 4) is 23.0 Å². The van der Waals surface area contributed by atoms with Crippen LogP contribution in [0.15, 0.2) is 36.4 Å². The first-order valence-electron chi connectivity index (χ1n) is 6.07. The number of phenols is 3. The normalized spacial score (nSPS) is 10.1. The van der Waals surface area contributed by atoms with Gasteiger partial charge in [-0.2, -0.15) is 0 Å². The van der Waals surface area contributed by atoms with E-state index in [4.69, 9.17) is 9.47 Å². The van der Waals surface area contributed by atoms with E-state index in [1.807, 2.05) is 0 Å². The molecular weight excluding hydrogens is 276 g/mol. The first-order chi connectivity index (χ1) is 10.0. The molecule has 2 rings (SSSR count). The van der Waals surface area contributed by atoms with Crippen LogP contribution in [0.3, 0.4) is 0 Å². The summed E-state index contributed by atoms with van der Waals surface area (Å²) in [6.07, 6.45) is 0. The van der Waals surface area contributed by atoms with Crippen molar-refractivity contribution in [3.63, 3.8) is 0 Å². The Morgan fingerprint density at radius 1 is 1.10 bits per heavy atom. The highest BCUT2D eigenvalue weighted by atomic mass is 16.5. The number of carbonyl (C=O) groups excluding carboxylic acids is 1. The number of methoxy groups -OCH3 is 1. The van der Waals surface area contributed by atoms with Crippen LogP contribution in [-0.4, -0.2) is 28.4 Å². The van der Waals surface area contributed by atoms with Crippen molar-refractivity contribution in [1.29, 1.82) is 0 Å². The van der Waals surface area contributed by atoms with E-state index in [0.29, 0.717) is 11.3 Å². The minimum absolute atomic E-state index is 0.0226. The lowest BCUT2D eigenvalue weighted by Crippen LogP contribution is -2.06. The van der Waals surface area contributed by atoms with Crippen LogP contribution in [-0.2, 0) is 11.3 Å². The maximum atomic E-state index is 11.9. The van der Waals surface area contributed by atoms with Gasteiger partial charge in [-0.3, -0.25) is 0 Å². The van der Waals surface area contributed by atoms with Gasteiger partial charge in [0.1, 0.15) is 12.4 Å². The van der Waals surface area contributed by atoms with E-state index in [9.17, 15) is 20.1 Å². The number of rotatable bonds is 4. The van der Waals surface area contributed by atoms with Gasteiger partial charge < -0.3 is 24.8 Å². The summed E-state index contributed by atoms with van der Waals surface area (Å²) in [7, 11) is 1.51. The van der Waals surface area contributed by atoms with Gasteiger partial charge in [-0.15, -0.1) is 0 Å². The van der Waals surface area contributed by atoms with Crippen molar-refractivity contribution in [2.45, 2.75) is 6.61 Å². The van der Waals surface area contributed by atoms with Crippen LogP contribution in [0, 0.1) is 0 Å². The molecule has 0 spiro atoms. The molecule has 2 aromatic carbocycles. The summed E-state index contributed by atoms with van der Waals surface area (Å²) in [5, 5.41) is 27.9. The van der Waals surface area contributed by atoms with Crippen molar-refractivity contribution in [2.24, 2.45) is 0 Å². The second-order valence-electron chi connectivity index (χ2n) is 4.25. The summed E-state index contributed by atoms with van der Waals surface area (Å²) in [5.41, 5.74) is 0.610. The summed E-state index contributed by atoms with van der Waals surface area (Å²) in [5.74, 6) is -2.04. The van der Waals surface area contributed by atoms with Crippen LogP contribution in [0.2, 0.25) is 0 Å². The maximum absolute atomic E-state index is 11.9. The molecular formula is C15H14O6. The van der Waals surface area contributed by atoms with Crippen LogP contribution < -0.4 is 4.74 Å². The number of ether oxygens (including phenoxy) is 2. The highest BCUT2D eigenvalue weighted by Gasteiger charge is 2.15. The number of hydrogen-bond donors (Lipinski definition) is 3. The Balaban J connectivity index is 2.12. The first-order valence-corrected chi connectivity index (χ1v) is 6.07. The minimum Gasteiger partial charge on any atom is -0.504 e. The molecule has 0 bridgehead atoms. The van der Waals surface area contributed by atoms with E-state index < -0.39 is 23.2 Å². The van der Waals surface area contributed by atoms with Crippen molar-refractivity contribution in [3.05, 3.63) is 47.5 Å². The van der Waals surface area contributed by atoms with Crippen LogP contribution in [0.4, 0.5) is 0 Å². The average Bonchev–Trinajstić information content (AvgIpc) is 2.49. The molecule has 0 aliphatic rings. The number of aromatic hydroxyl groups is 3. The Morgan fingerprint density at radius 3 is 2.33 bits per heavy atom. The van der Waals surface area contributed by atoms with Crippen molar-refractivity contribution >= 4 is 5.97 Å². The lowest BCUT2D eigenvalue weighted by molar-refractivity contribution is 0.0469. The van der Waals surface area contributed by atoms with Crippen LogP contribution in [0.1, 0.15) is 15.9 Å². The molecule has 3 N–H and O–H groups in total. The summed E-state index contributed by atoms with van der Waals surface area (Å²) in [6, 6.07) is 9.09. The van der Waals surface area contributed by atoms with Crippen molar-refractivity contribution in [2.75, 3.05) is 7.11 Å². The molecule has 0 aliphatic carbocycles. The molecule has 0 saturated carbocycles. The van der Waals surface area contributed by atoms with Crippen molar-refractivity contribution in [1.82, 2.24) is 0 Å². The van der Waals surface area contributed by atoms with Gasteiger partial charge in [-0.1, -0.05) is 18.2 Å². The maximum Gasteiger partial charge on any atom is 0.338 e. The topological polar surface area (TPSA) is 96.2 Å². The Kier molecular flexibility index (Phi) is 4.18. The Labute approximate surface area is 120 Å². The van der Waals surface area contributed by atoms with Gasteiger partial charge in [-0.05, 0) is 18.2 Å². The molecule has 6 heteroatoms. The van der Waals surface area contributed by atoms with Gasteiger partial charge in [0.2, 0.25) is 0 Å². The number of hydrogen-bond acceptors (Lipinski definition) is 6. The predicted octanol–water partition coefficient (Wildman–Crippen LogP) is 2.17. The van der Waals surface area contributed by atoms with E-state index in [-0.39, 0.29) is 12.2 Å². The van der Waals surface area contributed by atoms with Gasteiger partial charge in [0.25, 0.3) is 0 Å². The lowest BCUT2D eigenvalue weighted by Gasteiger charge is -2.10. The van der Waals surface area contributed by atoms with E-state index in [1.54, 1.807) is 24.3 Å². The Bertz CT molecular complexity index is 642. The average molecular weight is 290 g/mol. The third-order valence-electron chi connectivity index (χ3n) is 2.86. The minimum atomic E-state index is -0.744. The predicted molar refractivity (Wildman–Crippen MR) is 73.5 cm³/mol. The molecule has 0 atom stereocenters. The van der Waals surface area contributed by atoms with Gasteiger partial charge in [-0.25, -0.2) is 4.79 Å². The van der Waals surface area contributed by atoms with Crippen molar-refractivity contribution < 1.29 is 29.6 Å². The van der Waals surface area contributed by atoms with Gasteiger partial charge in [0.15, 0.2) is 17.2 Å². The molecule has 2 aromatic rings. The highest BCUT2D eigenvalue weighted by molar-refractivity contribution is 5.91. The zero-order valence-electron chi connectivity index (χ0n) is 11.2. The van der Waals surface area contributed by atoms with Crippen LogP contribution in [0.5, 0.6) is 23.0 Å². The van der Waals surface area contributed by atoms with Crippen LogP contribution in [0.25, 0.3) is 0 Å². The highest BCUT2D eigenvalue weighted by Crippen LogP contribution is 2.35. The van der Waals surface area contributed by atoms with Gasteiger partial charge in [0, 0.05) is 5.56 Å². The lowest BCUT2D eigenvalue weighted by atomic mass is 10.2. The van der Waals surface area contributed by atoms with E-state index in [0.717, 1.165) is 12.1 Å². The molecule has 110 valence electrons. The number of phenolic OH excluding ortho intramolecular Hbond substituents is 3. The van der Waals surface area contributed by atoms with Gasteiger partial charge >= 0.3 is 5.97 Å². The standard InChI is InChI=1S/C15H14O6/c1-20-13-5-3-2-4-9(13)8-21-15(19)10-6-11(16)14(18)12(17)7-10/h2-7,16-18H,8H2,1H3. The Hall–Kier alpha value is -2.89. The third kappa shape index (κ3) is 3.17. The fourth-order valence-electron chi connectivity index (χ4n) is 1.77. The number of para-hydroxylation sites is 1. The summed E-state index contributed by atoms with van der Waals surface area (Å²) in [4.78, 5) is 11.9. The third-order valence-corrected chi connectivity index (χ3v) is 2.86. The molecule has 0 radical (unpaired) electrons. The number of esters is 1. The largest absolute Gasteiger partial charge is 0.504 e. The molecule has 21 heavy (non-hydrogen) atoms. The quantitative estimate of drug-likeness (QED) is 0.590. The fourth-order valence-corrected chi connectivity index (χ4v) is 1.77. The summed E-state index contributed by atoms with van der Waals surface area (Å²) in [6.45, 7) is -0.0226. The fraction of sp³-hybridized carbons (Fsp3) is 0.133. The molecule has 0 saturated heterocycles. The molecule has 0 aromatic heterocycles. The molecule has 0 unspecified atom stereocenters. The Morgan fingerprint density at radius 2 is 1.71 bits per heavy atom. The molecule has 0 amide bonds. The van der Waals surface area contributed by atoms with Crippen LogP contribution >= 0.6 is 0 Å². The molecule has 0 heterocycles. The molecule has 6 nitrogen and oxygen atoms in total. The second kappa shape index (κ2) is 6.04. The SMILES string of the molecule is COc1ccccc1COC(=O)c1cc(O)c(O)c(O)c1. The van der Waals surface area contributed by atoms with E-state index >= 15 is 0 Å². The second-order valence-corrected chi connectivity index (χ2v) is 4.25. The van der Waals surface area contributed by atoms with Gasteiger partial charge in [0.05, 0.1) is 12.7 Å². The number of carbonyl (C=O) groups is 1. The first kappa shape index (κ1) is 14.5. The summed E-state index contributed by atoms with van der Waals surface area (Å²) < 4.78 is 10.2. The zero-order chi connectivity index (χ0) is 15.4. The van der Waals surface area contributed by atoms with E-state index in [1.165, 1.54) is 7.11 Å². The number of benzene rings is 2. The smallest absolute Gasteiger partial charge is 0.338 e. The molecule has 0 fully saturated rings. The summed E-state index contributed by atoms with van der Waals surface area (Å²) >= 11 is 0. The zero-order valence-corrected chi connectivity index (χ0v) is 11.2. The monoisotopic (exact) mass is 290 g/mol. The molecule has 0 aliphatic heterocycles. The van der Waals surface area contributed by atoms with E-state index in [2.05, 4.69) is 0 Å².